The van der Waals surface area contributed by atoms with Crippen molar-refractivity contribution in [1.29, 1.82) is 0 Å². The molecule has 3 nitrogen and oxygen atoms in total. The largest absolute Gasteiger partial charge is 0.359 e. The quantitative estimate of drug-likeness (QED) is 0.566. The van der Waals surface area contributed by atoms with Gasteiger partial charge in [0.2, 0.25) is 0 Å². The van der Waals surface area contributed by atoms with Crippen LogP contribution in [0.3, 0.4) is 0 Å². The minimum Gasteiger partial charge on any atom is -0.359 e. The zero-order valence-electron chi connectivity index (χ0n) is 6.74. The Morgan fingerprint density at radius 2 is 2.36 bits per heavy atom. The van der Waals surface area contributed by atoms with Crippen molar-refractivity contribution >= 4 is 5.78 Å². The Bertz CT molecular complexity index is 174. The van der Waals surface area contributed by atoms with Gasteiger partial charge in [0.15, 0.2) is 5.78 Å². The van der Waals surface area contributed by atoms with E-state index in [4.69, 9.17) is 9.47 Å². The van der Waals surface area contributed by atoms with Crippen LogP contribution in [0.1, 0.15) is 6.92 Å². The zero-order valence-corrected chi connectivity index (χ0v) is 6.74. The van der Waals surface area contributed by atoms with Crippen LogP contribution >= 0.6 is 0 Å². The van der Waals surface area contributed by atoms with E-state index in [2.05, 4.69) is 0 Å². The molecule has 3 heteroatoms. The maximum Gasteiger partial charge on any atom is 0.161 e. The van der Waals surface area contributed by atoms with Crippen molar-refractivity contribution in [1.82, 2.24) is 0 Å². The lowest BCUT2D eigenvalue weighted by molar-refractivity contribution is -0.123. The molecule has 1 rings (SSSR count). The van der Waals surface area contributed by atoms with E-state index in [1.807, 2.05) is 6.92 Å². The molecule has 62 valence electrons. The molecule has 0 unspecified atom stereocenters. The molecule has 11 heavy (non-hydrogen) atoms. The predicted molar refractivity (Wildman–Crippen MR) is 40.1 cm³/mol. The summed E-state index contributed by atoms with van der Waals surface area (Å²) in [5, 5.41) is 0. The molecule has 2 atom stereocenters. The Morgan fingerprint density at radius 1 is 1.64 bits per heavy atom. The molecular formula is C8H12O3. The first kappa shape index (κ1) is 8.43. The van der Waals surface area contributed by atoms with Crippen LogP contribution in [0.15, 0.2) is 12.2 Å². The number of hydrogen-bond donors (Lipinski definition) is 0. The molecule has 0 bridgehead atoms. The van der Waals surface area contributed by atoms with Gasteiger partial charge in [-0.2, -0.15) is 0 Å². The molecule has 0 N–H and O–H groups in total. The first-order valence-corrected chi connectivity index (χ1v) is 3.58. The number of carbonyl (C=O) groups is 1. The minimum atomic E-state index is -0.0950. The van der Waals surface area contributed by atoms with E-state index in [-0.39, 0.29) is 24.6 Å². The van der Waals surface area contributed by atoms with E-state index in [1.165, 1.54) is 0 Å². The van der Waals surface area contributed by atoms with Crippen molar-refractivity contribution in [3.8, 4) is 0 Å². The van der Waals surface area contributed by atoms with Gasteiger partial charge in [-0.25, -0.2) is 0 Å². The van der Waals surface area contributed by atoms with E-state index < -0.39 is 0 Å². The van der Waals surface area contributed by atoms with Crippen molar-refractivity contribution in [3.63, 3.8) is 0 Å². The van der Waals surface area contributed by atoms with Gasteiger partial charge in [0.05, 0.1) is 6.10 Å². The standard InChI is InChI=1S/C8H12O3/c1-6-7(9)3-4-8(6)11-5-10-2/h3-4,6,8H,5H2,1-2H3/t6-,8-/m1/s1. The lowest BCUT2D eigenvalue weighted by Gasteiger charge is -2.13. The lowest BCUT2D eigenvalue weighted by atomic mass is 10.1. The number of rotatable bonds is 3. The SMILES string of the molecule is COCO[C@@H]1C=CC(=O)[C@H]1C. The highest BCUT2D eigenvalue weighted by atomic mass is 16.7. The van der Waals surface area contributed by atoms with Crippen LogP contribution in [0, 0.1) is 5.92 Å². The van der Waals surface area contributed by atoms with Crippen LogP contribution in [-0.2, 0) is 14.3 Å². The minimum absolute atomic E-state index is 0.0508. The van der Waals surface area contributed by atoms with Gasteiger partial charge >= 0.3 is 0 Å². The van der Waals surface area contributed by atoms with E-state index in [1.54, 1.807) is 19.3 Å². The molecule has 1 aliphatic carbocycles. The fourth-order valence-electron chi connectivity index (χ4n) is 1.02. The summed E-state index contributed by atoms with van der Waals surface area (Å²) in [6, 6.07) is 0. The van der Waals surface area contributed by atoms with Crippen molar-refractivity contribution in [2.24, 2.45) is 5.92 Å². The van der Waals surface area contributed by atoms with Crippen LogP contribution in [0.2, 0.25) is 0 Å². The summed E-state index contributed by atoms with van der Waals surface area (Å²) >= 11 is 0. The number of hydrogen-bond acceptors (Lipinski definition) is 3. The molecule has 0 aromatic rings. The summed E-state index contributed by atoms with van der Waals surface area (Å²) in [7, 11) is 1.56. The highest BCUT2D eigenvalue weighted by molar-refractivity contribution is 5.94. The van der Waals surface area contributed by atoms with Gasteiger partial charge in [0, 0.05) is 13.0 Å². The second kappa shape index (κ2) is 3.64. The third-order valence-corrected chi connectivity index (χ3v) is 1.77. The second-order valence-electron chi connectivity index (χ2n) is 2.59. The third kappa shape index (κ3) is 1.88. The molecule has 0 saturated carbocycles. The summed E-state index contributed by atoms with van der Waals surface area (Å²) in [5.74, 6) is 0.0799. The Hall–Kier alpha value is -0.670. The van der Waals surface area contributed by atoms with Crippen LogP contribution < -0.4 is 0 Å². The summed E-state index contributed by atoms with van der Waals surface area (Å²) < 4.78 is 9.92. The second-order valence-corrected chi connectivity index (χ2v) is 2.59. The predicted octanol–water partition coefficient (Wildman–Crippen LogP) is 0.751. The van der Waals surface area contributed by atoms with E-state index in [0.29, 0.717) is 0 Å². The smallest absolute Gasteiger partial charge is 0.161 e. The van der Waals surface area contributed by atoms with Crippen molar-refractivity contribution < 1.29 is 14.3 Å². The molecule has 0 aromatic carbocycles. The van der Waals surface area contributed by atoms with Gasteiger partial charge in [-0.05, 0) is 6.08 Å². The fraction of sp³-hybridized carbons (Fsp3) is 0.625. The Morgan fingerprint density at radius 3 is 2.82 bits per heavy atom. The highest BCUT2D eigenvalue weighted by Gasteiger charge is 2.25. The summed E-state index contributed by atoms with van der Waals surface area (Å²) in [4.78, 5) is 10.9. The van der Waals surface area contributed by atoms with Gasteiger partial charge in [-0.3, -0.25) is 4.79 Å². The topological polar surface area (TPSA) is 35.5 Å². The van der Waals surface area contributed by atoms with E-state index in [9.17, 15) is 4.79 Å². The molecule has 0 aromatic heterocycles. The van der Waals surface area contributed by atoms with Gasteiger partial charge in [0.25, 0.3) is 0 Å². The Kier molecular flexibility index (Phi) is 2.79. The normalized spacial score (nSPS) is 29.8. The van der Waals surface area contributed by atoms with Gasteiger partial charge in [-0.15, -0.1) is 0 Å². The molecule has 1 aliphatic rings. The first-order valence-electron chi connectivity index (χ1n) is 3.58. The molecule has 0 radical (unpaired) electrons. The monoisotopic (exact) mass is 156 g/mol. The number of ketones is 1. The first-order chi connectivity index (χ1) is 5.25. The lowest BCUT2D eigenvalue weighted by Crippen LogP contribution is -2.21. The van der Waals surface area contributed by atoms with E-state index >= 15 is 0 Å². The van der Waals surface area contributed by atoms with E-state index in [0.717, 1.165) is 0 Å². The molecule has 0 saturated heterocycles. The van der Waals surface area contributed by atoms with Crippen LogP contribution in [0.4, 0.5) is 0 Å². The van der Waals surface area contributed by atoms with Gasteiger partial charge in [0.1, 0.15) is 6.79 Å². The number of ether oxygens (including phenoxy) is 2. The number of methoxy groups -OCH3 is 1. The average Bonchev–Trinajstić information content (AvgIpc) is 2.31. The van der Waals surface area contributed by atoms with Crippen molar-refractivity contribution in [2.45, 2.75) is 13.0 Å². The molecule has 0 aliphatic heterocycles. The Labute approximate surface area is 66.0 Å². The third-order valence-electron chi connectivity index (χ3n) is 1.77. The van der Waals surface area contributed by atoms with Gasteiger partial charge < -0.3 is 9.47 Å². The molecule has 0 fully saturated rings. The maximum absolute atomic E-state index is 10.9. The molecule has 0 heterocycles. The molecule has 0 amide bonds. The van der Waals surface area contributed by atoms with Gasteiger partial charge in [-0.1, -0.05) is 13.0 Å². The molecule has 0 spiro atoms. The summed E-state index contributed by atoms with van der Waals surface area (Å²) in [6.45, 7) is 2.09. The summed E-state index contributed by atoms with van der Waals surface area (Å²) in [5.41, 5.74) is 0. The maximum atomic E-state index is 10.9. The van der Waals surface area contributed by atoms with Crippen LogP contribution in [-0.4, -0.2) is 25.8 Å². The number of allylic oxidation sites excluding steroid dienone is 1. The number of carbonyl (C=O) groups excluding carboxylic acids is 1. The zero-order chi connectivity index (χ0) is 8.27. The molecular weight excluding hydrogens is 144 g/mol. The Balaban J connectivity index is 2.36. The van der Waals surface area contributed by atoms with Crippen molar-refractivity contribution in [3.05, 3.63) is 12.2 Å². The van der Waals surface area contributed by atoms with Crippen molar-refractivity contribution in [2.75, 3.05) is 13.9 Å². The average molecular weight is 156 g/mol. The summed E-state index contributed by atoms with van der Waals surface area (Å²) in [6.07, 6.45) is 3.24. The van der Waals surface area contributed by atoms with Crippen LogP contribution in [0.25, 0.3) is 0 Å². The fourth-order valence-corrected chi connectivity index (χ4v) is 1.02. The van der Waals surface area contributed by atoms with Crippen LogP contribution in [0.5, 0.6) is 0 Å². The highest BCUT2D eigenvalue weighted by Crippen LogP contribution is 2.17.